The molecule has 0 amide bonds. The number of aliphatic hydroxyl groups excluding tert-OH is 2. The number of esters is 1. The molecule has 4 aliphatic rings. The molecule has 0 spiro atoms. The second kappa shape index (κ2) is 16.4. The summed E-state index contributed by atoms with van der Waals surface area (Å²) >= 11 is 0. The van der Waals surface area contributed by atoms with Gasteiger partial charge in [-0.3, -0.25) is 9.59 Å². The number of nitrogens with one attached hydrogen (secondary N) is 2. The molecule has 0 aromatic heterocycles. The van der Waals surface area contributed by atoms with Crippen LogP contribution in [-0.2, 0) is 23.9 Å². The number of nitrogens with two attached hydrogens (primary N) is 1. The van der Waals surface area contributed by atoms with Gasteiger partial charge in [0.15, 0.2) is 17.2 Å². The van der Waals surface area contributed by atoms with Crippen LogP contribution in [0.4, 0.5) is 0 Å². The number of hydrogen-bond donors (Lipinski definition) is 5. The zero-order chi connectivity index (χ0) is 32.6. The third-order valence-electron chi connectivity index (χ3n) is 11.1. The number of ketones is 2. The predicted octanol–water partition coefficient (Wildman–Crippen LogP) is 3.32. The van der Waals surface area contributed by atoms with Gasteiger partial charge < -0.3 is 36.1 Å². The number of fused-ring (bicyclic) bond motifs is 2. The first kappa shape index (κ1) is 36.2. The number of Topliss-reactive ketones (excluding diaryl/α,β-unsaturated/α-hetero) is 2. The molecular formula is C35H59N3O7. The van der Waals surface area contributed by atoms with Crippen molar-refractivity contribution in [3.63, 3.8) is 0 Å². The van der Waals surface area contributed by atoms with Crippen LogP contribution in [0.15, 0.2) is 11.1 Å². The predicted molar refractivity (Wildman–Crippen MR) is 172 cm³/mol. The van der Waals surface area contributed by atoms with Gasteiger partial charge in [0.25, 0.3) is 5.60 Å². The topological polar surface area (TPSA) is 164 Å². The number of ether oxygens (including phenoxy) is 2. The average Bonchev–Trinajstić information content (AvgIpc) is 3.75. The minimum Gasteiger partial charge on any atom is -0.459 e. The summed E-state index contributed by atoms with van der Waals surface area (Å²) in [5.74, 6) is -1.83. The zero-order valence-corrected chi connectivity index (χ0v) is 27.9. The maximum atomic E-state index is 14.3. The molecule has 45 heavy (non-hydrogen) atoms. The van der Waals surface area contributed by atoms with E-state index in [1.54, 1.807) is 0 Å². The number of carbonyl (C=O) groups excluding carboxylic acids is 3. The SMILES string of the molecule is CCCC[C@H](CNCC)[C@H](CCCO)OC(=O)[C@]12O[C@@]1(CC(CO)=C(C)CCC1CCNC(N)C1)C(=O)C1CCCCC1C2=O. The van der Waals surface area contributed by atoms with Gasteiger partial charge in [-0.25, -0.2) is 4.79 Å². The van der Waals surface area contributed by atoms with Crippen molar-refractivity contribution in [3.05, 3.63) is 11.1 Å². The molecular weight excluding hydrogens is 574 g/mol. The quantitative estimate of drug-likeness (QED) is 0.0655. The number of hydrogen-bond acceptors (Lipinski definition) is 10. The van der Waals surface area contributed by atoms with E-state index in [4.69, 9.17) is 15.2 Å². The minimum absolute atomic E-state index is 0.0000203. The molecule has 0 radical (unpaired) electrons. The summed E-state index contributed by atoms with van der Waals surface area (Å²) < 4.78 is 12.5. The Bertz CT molecular complexity index is 1060. The Morgan fingerprint density at radius 1 is 1.11 bits per heavy atom. The van der Waals surface area contributed by atoms with Crippen LogP contribution in [0.2, 0.25) is 0 Å². The summed E-state index contributed by atoms with van der Waals surface area (Å²) in [5.41, 5.74) is 4.11. The van der Waals surface area contributed by atoms with Crippen molar-refractivity contribution in [2.24, 2.45) is 29.4 Å². The third-order valence-corrected chi connectivity index (χ3v) is 11.1. The number of rotatable bonds is 18. The van der Waals surface area contributed by atoms with Crippen molar-refractivity contribution in [3.8, 4) is 0 Å². The lowest BCUT2D eigenvalue weighted by atomic mass is 9.60. The molecule has 0 bridgehead atoms. The first-order chi connectivity index (χ1) is 21.7. The standard InChI is InChI=1S/C35H59N3O7/c1-4-6-10-25(21-37-5-2)29(13-9-18-39)44-33(43)35-32(42)28-12-8-7-11-27(28)31(41)34(35,45-35)20-26(22-40)23(3)14-15-24-16-17-38-30(36)19-24/h24-25,27-30,37-40H,4-22,36H2,1-3H3/t24?,25-,27?,28?,29+,30?,34+,35+/m1/s1. The fourth-order valence-corrected chi connectivity index (χ4v) is 8.24. The largest absolute Gasteiger partial charge is 0.459 e. The molecule has 256 valence electrons. The Balaban J connectivity index is 1.62. The van der Waals surface area contributed by atoms with Crippen molar-refractivity contribution in [2.45, 2.75) is 134 Å². The average molecular weight is 634 g/mol. The summed E-state index contributed by atoms with van der Waals surface area (Å²) in [4.78, 5) is 42.9. The van der Waals surface area contributed by atoms with Crippen molar-refractivity contribution in [1.82, 2.24) is 10.6 Å². The smallest absolute Gasteiger partial charge is 0.350 e. The summed E-state index contributed by atoms with van der Waals surface area (Å²) in [6.07, 6.45) is 9.66. The Morgan fingerprint density at radius 2 is 1.84 bits per heavy atom. The Hall–Kier alpha value is -1.69. The van der Waals surface area contributed by atoms with Gasteiger partial charge in [0.05, 0.1) is 12.8 Å². The number of unbranched alkanes of at least 4 members (excludes halogenated alkanes) is 1. The minimum atomic E-state index is -1.98. The highest BCUT2D eigenvalue weighted by Crippen LogP contribution is 2.62. The molecule has 10 nitrogen and oxygen atoms in total. The fraction of sp³-hybridized carbons (Fsp3) is 0.857. The van der Waals surface area contributed by atoms with Crippen LogP contribution in [0, 0.1) is 23.7 Å². The molecule has 2 aliphatic carbocycles. The van der Waals surface area contributed by atoms with Crippen LogP contribution in [0.25, 0.3) is 0 Å². The van der Waals surface area contributed by atoms with Gasteiger partial charge >= 0.3 is 5.97 Å². The van der Waals surface area contributed by atoms with E-state index in [0.717, 1.165) is 76.5 Å². The lowest BCUT2D eigenvalue weighted by molar-refractivity contribution is -0.165. The van der Waals surface area contributed by atoms with E-state index in [1.807, 2.05) is 13.8 Å². The van der Waals surface area contributed by atoms with E-state index >= 15 is 0 Å². The molecule has 6 N–H and O–H groups in total. The van der Waals surface area contributed by atoms with E-state index in [9.17, 15) is 24.6 Å². The van der Waals surface area contributed by atoms with E-state index < -0.39 is 35.1 Å². The lowest BCUT2D eigenvalue weighted by Gasteiger charge is -2.38. The maximum Gasteiger partial charge on any atom is 0.350 e. The fourth-order valence-electron chi connectivity index (χ4n) is 8.24. The molecule has 0 aromatic carbocycles. The monoisotopic (exact) mass is 633 g/mol. The van der Waals surface area contributed by atoms with Crippen LogP contribution in [0.1, 0.15) is 111 Å². The Labute approximate surface area is 269 Å². The van der Waals surface area contributed by atoms with Crippen LogP contribution < -0.4 is 16.4 Å². The molecule has 0 aromatic rings. The number of carbonyl (C=O) groups is 3. The van der Waals surface area contributed by atoms with Gasteiger partial charge in [-0.15, -0.1) is 0 Å². The summed E-state index contributed by atoms with van der Waals surface area (Å²) in [5, 5.41) is 26.8. The molecule has 4 unspecified atom stereocenters. The van der Waals surface area contributed by atoms with Gasteiger partial charge in [0.2, 0.25) is 0 Å². The Kier molecular flexibility index (Phi) is 13.2. The molecule has 2 aliphatic heterocycles. The van der Waals surface area contributed by atoms with Crippen molar-refractivity contribution < 1.29 is 34.1 Å². The van der Waals surface area contributed by atoms with Gasteiger partial charge in [-0.2, -0.15) is 0 Å². The lowest BCUT2D eigenvalue weighted by Crippen LogP contribution is -2.59. The van der Waals surface area contributed by atoms with Crippen LogP contribution >= 0.6 is 0 Å². The number of epoxide rings is 1. The first-order valence-electron chi connectivity index (χ1n) is 17.8. The Morgan fingerprint density at radius 3 is 2.49 bits per heavy atom. The van der Waals surface area contributed by atoms with Crippen LogP contribution in [-0.4, -0.2) is 84.1 Å². The summed E-state index contributed by atoms with van der Waals surface area (Å²) in [6, 6.07) is 0. The highest BCUT2D eigenvalue weighted by atomic mass is 16.7. The first-order valence-corrected chi connectivity index (χ1v) is 17.8. The van der Waals surface area contributed by atoms with E-state index in [2.05, 4.69) is 17.6 Å². The highest BCUT2D eigenvalue weighted by molar-refractivity contribution is 6.23. The molecule has 2 saturated carbocycles. The van der Waals surface area contributed by atoms with Crippen molar-refractivity contribution in [2.75, 3.05) is 32.8 Å². The molecule has 8 atom stereocenters. The van der Waals surface area contributed by atoms with Gasteiger partial charge in [-0.1, -0.05) is 45.1 Å². The molecule has 2 saturated heterocycles. The van der Waals surface area contributed by atoms with Crippen molar-refractivity contribution in [1.29, 1.82) is 0 Å². The molecule has 10 heteroatoms. The maximum absolute atomic E-state index is 14.3. The second-order valence-electron chi connectivity index (χ2n) is 14.1. The highest BCUT2D eigenvalue weighted by Gasteiger charge is 2.87. The van der Waals surface area contributed by atoms with Crippen LogP contribution in [0.5, 0.6) is 0 Å². The van der Waals surface area contributed by atoms with E-state index in [1.165, 1.54) is 0 Å². The normalized spacial score (nSPS) is 33.1. The number of allylic oxidation sites excluding steroid dienone is 1. The van der Waals surface area contributed by atoms with E-state index in [0.29, 0.717) is 43.7 Å². The van der Waals surface area contributed by atoms with Crippen LogP contribution in [0.3, 0.4) is 0 Å². The molecule has 2 heterocycles. The molecule has 4 fully saturated rings. The molecule has 4 rings (SSSR count). The second-order valence-corrected chi connectivity index (χ2v) is 14.1. The van der Waals surface area contributed by atoms with Gasteiger partial charge in [0, 0.05) is 37.3 Å². The van der Waals surface area contributed by atoms with Gasteiger partial charge in [0.1, 0.15) is 6.10 Å². The number of piperidine rings is 1. The summed E-state index contributed by atoms with van der Waals surface area (Å²) in [7, 11) is 0. The third kappa shape index (κ3) is 7.73. The van der Waals surface area contributed by atoms with Gasteiger partial charge in [-0.05, 0) is 89.3 Å². The van der Waals surface area contributed by atoms with Crippen molar-refractivity contribution >= 4 is 17.5 Å². The number of aliphatic hydroxyl groups is 2. The van der Waals surface area contributed by atoms with E-state index in [-0.39, 0.29) is 43.3 Å². The summed E-state index contributed by atoms with van der Waals surface area (Å²) in [6.45, 7) is 8.11. The zero-order valence-electron chi connectivity index (χ0n) is 27.9.